The summed E-state index contributed by atoms with van der Waals surface area (Å²) < 4.78 is 40.7. The summed E-state index contributed by atoms with van der Waals surface area (Å²) in [7, 11) is -4.27. The third-order valence-electron chi connectivity index (χ3n) is 2.68. The predicted molar refractivity (Wildman–Crippen MR) is 75.7 cm³/mol. The Morgan fingerprint density at radius 3 is 2.67 bits per heavy atom. The van der Waals surface area contributed by atoms with Crippen molar-refractivity contribution in [1.82, 2.24) is 4.72 Å². The number of carboxylic acid groups (broad SMARTS) is 1. The summed E-state index contributed by atoms with van der Waals surface area (Å²) in [5.74, 6) is -2.92. The number of halogens is 2. The molecule has 0 aromatic heterocycles. The van der Waals surface area contributed by atoms with Crippen LogP contribution in [0, 0.1) is 17.1 Å². The maximum absolute atomic E-state index is 14.1. The van der Waals surface area contributed by atoms with Crippen LogP contribution >= 0.6 is 15.9 Å². The summed E-state index contributed by atoms with van der Waals surface area (Å²) in [5.41, 5.74) is -0.752. The highest BCUT2D eigenvalue weighted by molar-refractivity contribution is 9.10. The molecule has 0 radical (unpaired) electrons. The van der Waals surface area contributed by atoms with Gasteiger partial charge in [0, 0.05) is 10.5 Å². The van der Waals surface area contributed by atoms with Crippen LogP contribution in [0.3, 0.4) is 0 Å². The predicted octanol–water partition coefficient (Wildman–Crippen LogP) is 2.26. The minimum Gasteiger partial charge on any atom is -0.478 e. The molecule has 0 saturated heterocycles. The summed E-state index contributed by atoms with van der Waals surface area (Å²) >= 11 is 2.95. The maximum Gasteiger partial charge on any atom is 0.338 e. The third kappa shape index (κ3) is 4.23. The van der Waals surface area contributed by atoms with Gasteiger partial charge in [-0.05, 0) is 18.6 Å². The molecule has 0 heterocycles. The van der Waals surface area contributed by atoms with E-state index in [0.717, 1.165) is 12.1 Å². The van der Waals surface area contributed by atoms with Gasteiger partial charge in [0.15, 0.2) is 5.82 Å². The van der Waals surface area contributed by atoms with Gasteiger partial charge < -0.3 is 5.11 Å². The molecular formula is C12H12BrFN2O4S. The molecule has 21 heavy (non-hydrogen) atoms. The number of carbonyl (C=O) groups is 1. The Labute approximate surface area is 129 Å². The van der Waals surface area contributed by atoms with E-state index < -0.39 is 38.3 Å². The standard InChI is InChI=1S/C12H12BrFN2O4S/c1-2-8(3-4-15)16-21(19,20)10-6-7(13)5-9(11(10)14)12(17)18/h5-6,8,16H,2-3H2,1H3,(H,17,18). The van der Waals surface area contributed by atoms with Crippen LogP contribution in [0.5, 0.6) is 0 Å². The molecule has 9 heteroatoms. The summed E-state index contributed by atoms with van der Waals surface area (Å²) in [6.07, 6.45) is 0.269. The first-order chi connectivity index (χ1) is 9.72. The lowest BCUT2D eigenvalue weighted by Gasteiger charge is -2.15. The average molecular weight is 379 g/mol. The molecule has 0 aliphatic carbocycles. The molecule has 0 amide bonds. The van der Waals surface area contributed by atoms with Crippen molar-refractivity contribution < 1.29 is 22.7 Å². The molecule has 1 atom stereocenters. The SMILES string of the molecule is CCC(CC#N)NS(=O)(=O)c1cc(Br)cc(C(=O)O)c1F. The molecule has 0 saturated carbocycles. The van der Waals surface area contributed by atoms with E-state index in [-0.39, 0.29) is 10.9 Å². The molecule has 114 valence electrons. The van der Waals surface area contributed by atoms with Gasteiger partial charge in [-0.15, -0.1) is 0 Å². The molecule has 0 bridgehead atoms. The first kappa shape index (κ1) is 17.6. The second kappa shape index (κ2) is 6.98. The number of carboxylic acids is 1. The second-order valence-electron chi connectivity index (χ2n) is 4.16. The number of nitrogens with one attached hydrogen (secondary N) is 1. The summed E-state index contributed by atoms with van der Waals surface area (Å²) in [4.78, 5) is 10.1. The Kier molecular flexibility index (Phi) is 5.83. The number of hydrogen-bond donors (Lipinski definition) is 2. The van der Waals surface area contributed by atoms with Crippen LogP contribution in [0.4, 0.5) is 4.39 Å². The first-order valence-corrected chi connectivity index (χ1v) is 8.12. The van der Waals surface area contributed by atoms with Gasteiger partial charge in [0.05, 0.1) is 18.1 Å². The van der Waals surface area contributed by atoms with Crippen molar-refractivity contribution in [2.45, 2.75) is 30.7 Å². The molecule has 1 unspecified atom stereocenters. The van der Waals surface area contributed by atoms with E-state index >= 15 is 0 Å². The van der Waals surface area contributed by atoms with Crippen LogP contribution in [-0.2, 0) is 10.0 Å². The van der Waals surface area contributed by atoms with Gasteiger partial charge in [-0.2, -0.15) is 5.26 Å². The number of nitriles is 1. The van der Waals surface area contributed by atoms with E-state index in [1.165, 1.54) is 0 Å². The van der Waals surface area contributed by atoms with Crippen LogP contribution in [-0.4, -0.2) is 25.5 Å². The fourth-order valence-corrected chi connectivity index (χ4v) is 3.63. The lowest BCUT2D eigenvalue weighted by molar-refractivity contribution is 0.0691. The Hall–Kier alpha value is -1.50. The van der Waals surface area contributed by atoms with E-state index in [1.54, 1.807) is 6.92 Å². The molecule has 0 aliphatic heterocycles. The van der Waals surface area contributed by atoms with Crippen molar-refractivity contribution in [3.63, 3.8) is 0 Å². The highest BCUT2D eigenvalue weighted by Crippen LogP contribution is 2.24. The Balaban J connectivity index is 3.32. The molecule has 1 rings (SSSR count). The topological polar surface area (TPSA) is 107 Å². The second-order valence-corrected chi connectivity index (χ2v) is 6.76. The zero-order valence-electron chi connectivity index (χ0n) is 10.9. The number of nitrogens with zero attached hydrogens (tertiary/aromatic N) is 1. The van der Waals surface area contributed by atoms with Crippen LogP contribution in [0.1, 0.15) is 30.1 Å². The fourth-order valence-electron chi connectivity index (χ4n) is 1.58. The highest BCUT2D eigenvalue weighted by atomic mass is 79.9. The maximum atomic E-state index is 14.1. The molecule has 0 fully saturated rings. The third-order valence-corrected chi connectivity index (χ3v) is 4.65. The van der Waals surface area contributed by atoms with Gasteiger partial charge in [-0.3, -0.25) is 0 Å². The zero-order valence-corrected chi connectivity index (χ0v) is 13.3. The van der Waals surface area contributed by atoms with E-state index in [4.69, 9.17) is 10.4 Å². The van der Waals surface area contributed by atoms with Crippen molar-refractivity contribution in [1.29, 1.82) is 5.26 Å². The van der Waals surface area contributed by atoms with Gasteiger partial charge in [0.2, 0.25) is 10.0 Å². The van der Waals surface area contributed by atoms with Crippen molar-refractivity contribution in [3.05, 3.63) is 28.0 Å². The Morgan fingerprint density at radius 1 is 1.57 bits per heavy atom. The fraction of sp³-hybridized carbons (Fsp3) is 0.333. The van der Waals surface area contributed by atoms with E-state index in [9.17, 15) is 17.6 Å². The molecule has 0 spiro atoms. The molecule has 2 N–H and O–H groups in total. The lowest BCUT2D eigenvalue weighted by atomic mass is 10.2. The zero-order chi connectivity index (χ0) is 16.2. The number of rotatable bonds is 6. The number of benzene rings is 1. The first-order valence-electron chi connectivity index (χ1n) is 5.84. The molecule has 1 aromatic carbocycles. The van der Waals surface area contributed by atoms with E-state index in [1.807, 2.05) is 6.07 Å². The minimum absolute atomic E-state index is 0.0723. The summed E-state index contributed by atoms with van der Waals surface area (Å²) in [6, 6.07) is 3.10. The monoisotopic (exact) mass is 378 g/mol. The quantitative estimate of drug-likeness (QED) is 0.789. The Bertz CT molecular complexity index is 700. The molecule has 1 aromatic rings. The van der Waals surface area contributed by atoms with E-state index in [0.29, 0.717) is 6.42 Å². The van der Waals surface area contributed by atoms with Gasteiger partial charge >= 0.3 is 5.97 Å². The summed E-state index contributed by atoms with van der Waals surface area (Å²) in [6.45, 7) is 1.67. The highest BCUT2D eigenvalue weighted by Gasteiger charge is 2.26. The van der Waals surface area contributed by atoms with Crippen LogP contribution in [0.2, 0.25) is 0 Å². The van der Waals surface area contributed by atoms with Gasteiger partial charge in [0.25, 0.3) is 0 Å². The van der Waals surface area contributed by atoms with Crippen LogP contribution in [0.15, 0.2) is 21.5 Å². The lowest BCUT2D eigenvalue weighted by Crippen LogP contribution is -2.34. The molecule has 6 nitrogen and oxygen atoms in total. The van der Waals surface area contributed by atoms with Gasteiger partial charge in [0.1, 0.15) is 4.90 Å². The van der Waals surface area contributed by atoms with Gasteiger partial charge in [-0.1, -0.05) is 22.9 Å². The van der Waals surface area contributed by atoms with Crippen molar-refractivity contribution in [2.24, 2.45) is 0 Å². The van der Waals surface area contributed by atoms with Crippen LogP contribution in [0.25, 0.3) is 0 Å². The number of hydrogen-bond acceptors (Lipinski definition) is 4. The number of aromatic carboxylic acids is 1. The average Bonchev–Trinajstić information content (AvgIpc) is 2.39. The largest absolute Gasteiger partial charge is 0.478 e. The molecular weight excluding hydrogens is 367 g/mol. The van der Waals surface area contributed by atoms with Crippen LogP contribution < -0.4 is 4.72 Å². The minimum atomic E-state index is -4.27. The number of sulfonamides is 1. The van der Waals surface area contributed by atoms with Crippen molar-refractivity contribution in [3.8, 4) is 6.07 Å². The smallest absolute Gasteiger partial charge is 0.338 e. The van der Waals surface area contributed by atoms with E-state index in [2.05, 4.69) is 20.7 Å². The summed E-state index contributed by atoms with van der Waals surface area (Å²) in [5, 5.41) is 17.5. The van der Waals surface area contributed by atoms with Crippen molar-refractivity contribution >= 4 is 31.9 Å². The normalized spacial score (nSPS) is 12.7. The Morgan fingerprint density at radius 2 is 2.19 bits per heavy atom. The van der Waals surface area contributed by atoms with Crippen molar-refractivity contribution in [2.75, 3.05) is 0 Å². The van der Waals surface area contributed by atoms with Gasteiger partial charge in [-0.25, -0.2) is 22.3 Å². The molecule has 0 aliphatic rings.